The second-order valence-electron chi connectivity index (χ2n) is 4.97. The molecule has 0 amide bonds. The van der Waals surface area contributed by atoms with Gasteiger partial charge in [-0.2, -0.15) is 0 Å². The summed E-state index contributed by atoms with van der Waals surface area (Å²) < 4.78 is 0. The van der Waals surface area contributed by atoms with Gasteiger partial charge in [0.1, 0.15) is 0 Å². The van der Waals surface area contributed by atoms with E-state index in [9.17, 15) is 5.11 Å². The molecule has 3 aliphatic carbocycles. The highest BCUT2D eigenvalue weighted by Crippen LogP contribution is 2.51. The molecule has 3 fully saturated rings. The molecule has 0 heterocycles. The van der Waals surface area contributed by atoms with Gasteiger partial charge in [-0.1, -0.05) is 20.8 Å². The Kier molecular flexibility index (Phi) is 1.95. The Morgan fingerprint density at radius 3 is 1.92 bits per heavy atom. The molecule has 1 heteroatoms. The van der Waals surface area contributed by atoms with Crippen LogP contribution in [0, 0.1) is 29.6 Å². The summed E-state index contributed by atoms with van der Waals surface area (Å²) >= 11 is 0. The van der Waals surface area contributed by atoms with Gasteiger partial charge in [-0.15, -0.1) is 0 Å². The molecule has 2 bridgehead atoms. The maximum atomic E-state index is 9.96. The van der Waals surface area contributed by atoms with E-state index in [1.165, 1.54) is 12.8 Å². The topological polar surface area (TPSA) is 20.2 Å². The van der Waals surface area contributed by atoms with Crippen molar-refractivity contribution >= 4 is 0 Å². The average molecular weight is 168 g/mol. The Hall–Kier alpha value is -0.0400. The summed E-state index contributed by atoms with van der Waals surface area (Å²) in [6.07, 6.45) is 2.62. The van der Waals surface area contributed by atoms with Gasteiger partial charge in [0.25, 0.3) is 0 Å². The highest BCUT2D eigenvalue weighted by Gasteiger charge is 2.48. The van der Waals surface area contributed by atoms with Crippen LogP contribution in [0.15, 0.2) is 0 Å². The number of aliphatic hydroxyl groups is 1. The van der Waals surface area contributed by atoms with Gasteiger partial charge in [0.15, 0.2) is 0 Å². The highest BCUT2D eigenvalue weighted by molar-refractivity contribution is 4.97. The summed E-state index contributed by atoms with van der Waals surface area (Å²) in [5.74, 6) is 3.52. The minimum atomic E-state index is -0.00468. The summed E-state index contributed by atoms with van der Waals surface area (Å²) in [5.41, 5.74) is 0. The summed E-state index contributed by atoms with van der Waals surface area (Å²) in [6.45, 7) is 6.91. The number of fused-ring (bicyclic) bond motifs is 3. The van der Waals surface area contributed by atoms with E-state index in [-0.39, 0.29) is 6.10 Å². The molecule has 3 aliphatic rings. The van der Waals surface area contributed by atoms with Crippen molar-refractivity contribution in [1.29, 1.82) is 0 Å². The fraction of sp³-hybridized carbons (Fsp3) is 1.00. The first kappa shape index (κ1) is 8.55. The van der Waals surface area contributed by atoms with Crippen molar-refractivity contribution in [2.45, 2.75) is 39.7 Å². The van der Waals surface area contributed by atoms with E-state index in [4.69, 9.17) is 0 Å². The molecule has 0 aromatic heterocycles. The summed E-state index contributed by atoms with van der Waals surface area (Å²) in [7, 11) is 0. The summed E-state index contributed by atoms with van der Waals surface area (Å²) in [4.78, 5) is 0. The second-order valence-corrected chi connectivity index (χ2v) is 4.97. The van der Waals surface area contributed by atoms with Gasteiger partial charge in [0, 0.05) is 0 Å². The van der Waals surface area contributed by atoms with Crippen LogP contribution in [0.2, 0.25) is 0 Å². The van der Waals surface area contributed by atoms with E-state index >= 15 is 0 Å². The Labute approximate surface area is 75.2 Å². The molecule has 0 saturated heterocycles. The molecule has 70 valence electrons. The van der Waals surface area contributed by atoms with Crippen LogP contribution in [0.1, 0.15) is 33.6 Å². The van der Waals surface area contributed by atoms with Crippen molar-refractivity contribution in [3.8, 4) is 0 Å². The van der Waals surface area contributed by atoms with Crippen LogP contribution in [-0.4, -0.2) is 11.2 Å². The third-order valence-corrected chi connectivity index (χ3v) is 4.67. The zero-order valence-electron chi connectivity index (χ0n) is 8.33. The molecular formula is C11H20O. The quantitative estimate of drug-likeness (QED) is 0.588. The Bertz CT molecular complexity index is 142. The fourth-order valence-electron chi connectivity index (χ4n) is 3.56. The van der Waals surface area contributed by atoms with Gasteiger partial charge < -0.3 is 5.11 Å². The molecule has 12 heavy (non-hydrogen) atoms. The lowest BCUT2D eigenvalue weighted by Crippen LogP contribution is -2.51. The summed E-state index contributed by atoms with van der Waals surface area (Å²) in [5, 5.41) is 9.96. The van der Waals surface area contributed by atoms with Crippen LogP contribution in [0.3, 0.4) is 0 Å². The molecular weight excluding hydrogens is 148 g/mol. The lowest BCUT2D eigenvalue weighted by molar-refractivity contribution is -0.107. The largest absolute Gasteiger partial charge is 0.393 e. The zero-order chi connectivity index (χ0) is 8.88. The number of aliphatic hydroxyl groups excluding tert-OH is 1. The van der Waals surface area contributed by atoms with Crippen LogP contribution in [0.25, 0.3) is 0 Å². The SMILES string of the molecule is C[C@@H]1[C@H](C)[C@H]2CC[C@@H]1[C@@H](O)[C@@H]2C. The Balaban J connectivity index is 2.23. The predicted molar refractivity (Wildman–Crippen MR) is 49.7 cm³/mol. The van der Waals surface area contributed by atoms with Gasteiger partial charge in [-0.05, 0) is 42.4 Å². The van der Waals surface area contributed by atoms with Crippen LogP contribution in [0.4, 0.5) is 0 Å². The van der Waals surface area contributed by atoms with Gasteiger partial charge in [0.05, 0.1) is 6.10 Å². The lowest BCUT2D eigenvalue weighted by atomic mass is 9.54. The molecule has 0 unspecified atom stereocenters. The Morgan fingerprint density at radius 1 is 0.833 bits per heavy atom. The van der Waals surface area contributed by atoms with Crippen LogP contribution in [-0.2, 0) is 0 Å². The Morgan fingerprint density at radius 2 is 1.33 bits per heavy atom. The molecule has 1 N–H and O–H groups in total. The number of hydrogen-bond donors (Lipinski definition) is 1. The number of hydrogen-bond acceptors (Lipinski definition) is 1. The maximum Gasteiger partial charge on any atom is 0.0599 e. The van der Waals surface area contributed by atoms with E-state index in [2.05, 4.69) is 20.8 Å². The van der Waals surface area contributed by atoms with E-state index in [0.717, 1.165) is 17.8 Å². The first-order valence-electron chi connectivity index (χ1n) is 5.31. The van der Waals surface area contributed by atoms with E-state index in [1.807, 2.05) is 0 Å². The molecule has 0 aromatic rings. The van der Waals surface area contributed by atoms with E-state index in [1.54, 1.807) is 0 Å². The monoisotopic (exact) mass is 168 g/mol. The van der Waals surface area contributed by atoms with Gasteiger partial charge in [0.2, 0.25) is 0 Å². The predicted octanol–water partition coefficient (Wildman–Crippen LogP) is 2.30. The normalized spacial score (nSPS) is 59.0. The highest BCUT2D eigenvalue weighted by atomic mass is 16.3. The lowest BCUT2D eigenvalue weighted by Gasteiger charge is -2.52. The maximum absolute atomic E-state index is 9.96. The average Bonchev–Trinajstić information content (AvgIpc) is 2.05. The van der Waals surface area contributed by atoms with Gasteiger partial charge in [-0.25, -0.2) is 0 Å². The minimum Gasteiger partial charge on any atom is -0.393 e. The summed E-state index contributed by atoms with van der Waals surface area (Å²) in [6, 6.07) is 0. The van der Waals surface area contributed by atoms with Gasteiger partial charge in [-0.3, -0.25) is 0 Å². The van der Waals surface area contributed by atoms with Gasteiger partial charge >= 0.3 is 0 Å². The molecule has 0 spiro atoms. The van der Waals surface area contributed by atoms with Crippen molar-refractivity contribution in [3.05, 3.63) is 0 Å². The molecule has 1 nitrogen and oxygen atoms in total. The van der Waals surface area contributed by atoms with E-state index < -0.39 is 0 Å². The van der Waals surface area contributed by atoms with E-state index in [0.29, 0.717) is 11.8 Å². The standard InChI is InChI=1S/C11H20O/c1-6-7(2)10-5-4-9(6)8(3)11(10)12/h6-12H,4-5H2,1-3H3/t6-,7+,8+,9+,10-,11-/m0/s1. The van der Waals surface area contributed by atoms with Crippen molar-refractivity contribution in [1.82, 2.24) is 0 Å². The number of rotatable bonds is 0. The van der Waals surface area contributed by atoms with Crippen molar-refractivity contribution in [2.75, 3.05) is 0 Å². The first-order chi connectivity index (χ1) is 5.63. The zero-order valence-corrected chi connectivity index (χ0v) is 8.33. The van der Waals surface area contributed by atoms with Crippen LogP contribution >= 0.6 is 0 Å². The fourth-order valence-corrected chi connectivity index (χ4v) is 3.56. The van der Waals surface area contributed by atoms with Crippen molar-refractivity contribution < 1.29 is 5.11 Å². The van der Waals surface area contributed by atoms with Crippen LogP contribution in [0.5, 0.6) is 0 Å². The third-order valence-electron chi connectivity index (χ3n) is 4.67. The van der Waals surface area contributed by atoms with Crippen LogP contribution < -0.4 is 0 Å². The molecule has 3 rings (SSSR count). The van der Waals surface area contributed by atoms with Crippen molar-refractivity contribution in [3.63, 3.8) is 0 Å². The molecule has 0 aromatic carbocycles. The molecule has 3 saturated carbocycles. The second kappa shape index (κ2) is 2.73. The minimum absolute atomic E-state index is 0.00468. The molecule has 0 radical (unpaired) electrons. The van der Waals surface area contributed by atoms with Crippen molar-refractivity contribution in [2.24, 2.45) is 29.6 Å². The molecule has 6 atom stereocenters. The first-order valence-corrected chi connectivity index (χ1v) is 5.31. The third kappa shape index (κ3) is 0.953. The molecule has 0 aliphatic heterocycles. The smallest absolute Gasteiger partial charge is 0.0599 e.